The number of piperidine rings is 1. The lowest BCUT2D eigenvalue weighted by atomic mass is 10.0. The van der Waals surface area contributed by atoms with Crippen LogP contribution in [0, 0.1) is 12.7 Å². The molecule has 0 radical (unpaired) electrons. The summed E-state index contributed by atoms with van der Waals surface area (Å²) in [5.41, 5.74) is 1.51. The molecule has 2 amide bonds. The first-order valence-corrected chi connectivity index (χ1v) is 12.0. The Labute approximate surface area is 167 Å². The number of benzene rings is 1. The van der Waals surface area contributed by atoms with E-state index in [1.54, 1.807) is 11.0 Å². The summed E-state index contributed by atoms with van der Waals surface area (Å²) in [5.74, 6) is -0.299. The Morgan fingerprint density at radius 3 is 2.89 bits per heavy atom. The highest BCUT2D eigenvalue weighted by Crippen LogP contribution is 2.30. The van der Waals surface area contributed by atoms with Gasteiger partial charge in [0.05, 0.1) is 5.75 Å². The predicted octanol–water partition coefficient (Wildman–Crippen LogP) is 3.47. The van der Waals surface area contributed by atoms with Crippen molar-refractivity contribution >= 4 is 32.3 Å². The van der Waals surface area contributed by atoms with Gasteiger partial charge >= 0.3 is 6.03 Å². The van der Waals surface area contributed by atoms with Crippen molar-refractivity contribution in [1.29, 1.82) is 0 Å². The van der Waals surface area contributed by atoms with Gasteiger partial charge in [0.1, 0.15) is 20.7 Å². The Balaban J connectivity index is 1.70. The first-order chi connectivity index (χ1) is 13.2. The maximum atomic E-state index is 13.5. The van der Waals surface area contributed by atoms with Gasteiger partial charge in [0, 0.05) is 24.4 Å². The van der Waals surface area contributed by atoms with Gasteiger partial charge < -0.3 is 4.90 Å². The van der Waals surface area contributed by atoms with Crippen LogP contribution in [0.1, 0.15) is 31.2 Å². The number of hydrogen-bond acceptors (Lipinski definition) is 6. The molecule has 1 N–H and O–H groups in total. The molecular formula is C18H23FN4O3S2. The summed E-state index contributed by atoms with van der Waals surface area (Å²) < 4.78 is 36.5. The number of aromatic nitrogens is 2. The molecule has 1 aromatic carbocycles. The number of urea groups is 1. The van der Waals surface area contributed by atoms with Gasteiger partial charge in [0.15, 0.2) is 0 Å². The summed E-state index contributed by atoms with van der Waals surface area (Å²) in [7, 11) is -3.08. The van der Waals surface area contributed by atoms with E-state index < -0.39 is 9.84 Å². The van der Waals surface area contributed by atoms with E-state index in [9.17, 15) is 17.6 Å². The quantitative estimate of drug-likeness (QED) is 0.790. The smallest absolute Gasteiger partial charge is 0.321 e. The molecule has 7 nitrogen and oxygen atoms in total. The van der Waals surface area contributed by atoms with Crippen molar-refractivity contribution in [1.82, 2.24) is 15.1 Å². The number of rotatable bonds is 5. The Morgan fingerprint density at radius 2 is 2.14 bits per heavy atom. The molecule has 0 saturated carbocycles. The normalized spacial score (nSPS) is 17.5. The van der Waals surface area contributed by atoms with Crippen molar-refractivity contribution in [3.05, 3.63) is 29.6 Å². The molecular weight excluding hydrogens is 403 g/mol. The van der Waals surface area contributed by atoms with Crippen molar-refractivity contribution in [3.63, 3.8) is 0 Å². The van der Waals surface area contributed by atoms with Crippen molar-refractivity contribution in [2.45, 2.75) is 38.6 Å². The van der Waals surface area contributed by atoms with Crippen molar-refractivity contribution in [2.24, 2.45) is 0 Å². The third-order valence-electron chi connectivity index (χ3n) is 4.78. The van der Waals surface area contributed by atoms with Crippen LogP contribution in [0.2, 0.25) is 0 Å². The van der Waals surface area contributed by atoms with Gasteiger partial charge in [0.2, 0.25) is 5.13 Å². The Kier molecular flexibility index (Phi) is 6.29. The number of nitrogens with zero attached hydrogens (tertiary/aromatic N) is 3. The lowest BCUT2D eigenvalue weighted by Gasteiger charge is -2.35. The van der Waals surface area contributed by atoms with E-state index in [0.29, 0.717) is 28.7 Å². The monoisotopic (exact) mass is 426 g/mol. The zero-order chi connectivity index (χ0) is 20.3. The van der Waals surface area contributed by atoms with Crippen LogP contribution in [-0.4, -0.2) is 54.1 Å². The van der Waals surface area contributed by atoms with E-state index in [2.05, 4.69) is 15.5 Å². The van der Waals surface area contributed by atoms with Crippen molar-refractivity contribution < 1.29 is 17.6 Å². The maximum Gasteiger partial charge on any atom is 0.323 e. The molecule has 152 valence electrons. The lowest BCUT2D eigenvalue weighted by molar-refractivity contribution is 0.161. The maximum absolute atomic E-state index is 13.5. The molecule has 28 heavy (non-hydrogen) atoms. The van der Waals surface area contributed by atoms with Crippen LogP contribution in [0.15, 0.2) is 18.2 Å². The molecule has 1 aliphatic rings. The molecule has 0 bridgehead atoms. The largest absolute Gasteiger partial charge is 0.323 e. The molecule has 0 spiro atoms. The van der Waals surface area contributed by atoms with Crippen LogP contribution in [0.3, 0.4) is 0 Å². The average molecular weight is 427 g/mol. The summed E-state index contributed by atoms with van der Waals surface area (Å²) >= 11 is 1.18. The highest BCUT2D eigenvalue weighted by atomic mass is 32.2. The molecule has 1 saturated heterocycles. The van der Waals surface area contributed by atoms with Gasteiger partial charge in [-0.1, -0.05) is 17.4 Å². The molecule has 10 heteroatoms. The number of anilines is 1. The highest BCUT2D eigenvalue weighted by Gasteiger charge is 2.28. The number of hydrogen-bond donors (Lipinski definition) is 1. The van der Waals surface area contributed by atoms with Crippen LogP contribution in [-0.2, 0) is 9.84 Å². The molecule has 3 rings (SSSR count). The lowest BCUT2D eigenvalue weighted by Crippen LogP contribution is -2.46. The van der Waals surface area contributed by atoms with Crippen LogP contribution >= 0.6 is 11.3 Å². The molecule has 1 aliphatic heterocycles. The topological polar surface area (TPSA) is 92.3 Å². The third-order valence-corrected chi connectivity index (χ3v) is 6.63. The van der Waals surface area contributed by atoms with Gasteiger partial charge in [-0.2, -0.15) is 0 Å². The molecule has 0 aliphatic carbocycles. The minimum Gasteiger partial charge on any atom is -0.321 e. The first kappa shape index (κ1) is 20.7. The highest BCUT2D eigenvalue weighted by molar-refractivity contribution is 7.90. The Morgan fingerprint density at radius 1 is 1.36 bits per heavy atom. The molecule has 2 heterocycles. The standard InChI is InChI=1S/C18H23FN4O3S2/c1-12-6-7-13(19)11-15(12)16-21-22-17(27-16)20-18(24)23-9-4-3-5-14(23)8-10-28(2,25)26/h6-7,11,14H,3-5,8-10H2,1-2H3,(H,20,22,24). The number of halogens is 1. The number of carbonyl (C=O) groups excluding carboxylic acids is 1. The van der Waals surface area contributed by atoms with Crippen LogP contribution in [0.4, 0.5) is 14.3 Å². The molecule has 1 aromatic heterocycles. The van der Waals surface area contributed by atoms with Crippen LogP contribution in [0.25, 0.3) is 10.6 Å². The number of sulfone groups is 1. The second-order valence-corrected chi connectivity index (χ2v) is 10.3. The molecule has 1 atom stereocenters. The first-order valence-electron chi connectivity index (χ1n) is 9.08. The average Bonchev–Trinajstić information content (AvgIpc) is 3.10. The Hall–Kier alpha value is -2.07. The number of amides is 2. The van der Waals surface area contributed by atoms with Gasteiger partial charge in [0.25, 0.3) is 0 Å². The van der Waals surface area contributed by atoms with Crippen molar-refractivity contribution in [3.8, 4) is 10.6 Å². The zero-order valence-electron chi connectivity index (χ0n) is 15.8. The van der Waals surface area contributed by atoms with E-state index >= 15 is 0 Å². The summed E-state index contributed by atoms with van der Waals surface area (Å²) in [6, 6.07) is 4.03. The van der Waals surface area contributed by atoms with Crippen LogP contribution < -0.4 is 5.32 Å². The second-order valence-electron chi connectivity index (χ2n) is 7.06. The summed E-state index contributed by atoms with van der Waals surface area (Å²) in [6.07, 6.45) is 4.27. The molecule has 2 aromatic rings. The second kappa shape index (κ2) is 8.52. The van der Waals surface area contributed by atoms with E-state index in [1.807, 2.05) is 6.92 Å². The number of aryl methyl sites for hydroxylation is 1. The van der Waals surface area contributed by atoms with E-state index in [1.165, 1.54) is 29.7 Å². The third kappa shape index (κ3) is 5.26. The van der Waals surface area contributed by atoms with Gasteiger partial charge in [-0.05, 0) is 50.3 Å². The summed E-state index contributed by atoms with van der Waals surface area (Å²) in [4.78, 5) is 14.4. The fourth-order valence-electron chi connectivity index (χ4n) is 3.29. The fraction of sp³-hybridized carbons (Fsp3) is 0.500. The minimum absolute atomic E-state index is 0.0588. The van der Waals surface area contributed by atoms with Crippen LogP contribution in [0.5, 0.6) is 0 Å². The summed E-state index contributed by atoms with van der Waals surface area (Å²) in [6.45, 7) is 2.43. The van der Waals surface area contributed by atoms with E-state index in [-0.39, 0.29) is 23.6 Å². The number of likely N-dealkylation sites (tertiary alicyclic amines) is 1. The van der Waals surface area contributed by atoms with E-state index in [4.69, 9.17) is 0 Å². The predicted molar refractivity (Wildman–Crippen MR) is 108 cm³/mol. The van der Waals surface area contributed by atoms with Gasteiger partial charge in [-0.15, -0.1) is 10.2 Å². The summed E-state index contributed by atoms with van der Waals surface area (Å²) in [5, 5.41) is 11.7. The SMILES string of the molecule is Cc1ccc(F)cc1-c1nnc(NC(=O)N2CCCCC2CCS(C)(=O)=O)s1. The Bertz CT molecular complexity index is 961. The number of nitrogens with one attached hydrogen (secondary N) is 1. The van der Waals surface area contributed by atoms with Gasteiger partial charge in [-0.25, -0.2) is 17.6 Å². The van der Waals surface area contributed by atoms with Gasteiger partial charge in [-0.3, -0.25) is 5.32 Å². The minimum atomic E-state index is -3.08. The van der Waals surface area contributed by atoms with E-state index in [0.717, 1.165) is 24.8 Å². The number of carbonyl (C=O) groups is 1. The molecule has 1 fully saturated rings. The molecule has 1 unspecified atom stereocenters. The fourth-order valence-corrected chi connectivity index (χ4v) is 4.80. The van der Waals surface area contributed by atoms with Crippen molar-refractivity contribution in [2.75, 3.05) is 23.9 Å². The zero-order valence-corrected chi connectivity index (χ0v) is 17.4.